The Labute approximate surface area is 41.1 Å². The molecule has 1 rings (SSSR count). The van der Waals surface area contributed by atoms with E-state index in [1.54, 1.807) is 13.8 Å². The second kappa shape index (κ2) is 1.17. The van der Waals surface area contributed by atoms with Crippen LogP contribution < -0.4 is 0 Å². The Kier molecular flexibility index (Phi) is 0.834. The monoisotopic (exact) mass is 106 g/mol. The summed E-state index contributed by atoms with van der Waals surface area (Å²) in [5, 5.41) is 0. The first kappa shape index (κ1) is 5.00. The Morgan fingerprint density at radius 2 is 2.14 bits per heavy atom. The topological polar surface area (TPSA) is 21.8 Å². The summed E-state index contributed by atoms with van der Waals surface area (Å²) >= 11 is 0. The zero-order valence-electron chi connectivity index (χ0n) is 4.27. The molecule has 0 aromatic rings. The maximum Gasteiger partial charge on any atom is 0.226 e. The van der Waals surface area contributed by atoms with Crippen LogP contribution in [0.1, 0.15) is 13.8 Å². The van der Waals surface area contributed by atoms with Crippen molar-refractivity contribution in [1.82, 2.24) is 0 Å². The number of rotatable bonds is 1. The first-order valence-corrected chi connectivity index (χ1v) is 2.12. The average molecular weight is 106 g/mol. The van der Waals surface area contributed by atoms with Gasteiger partial charge in [-0.05, 0) is 18.4 Å². The minimum absolute atomic E-state index is 0.380. The van der Waals surface area contributed by atoms with Gasteiger partial charge in [0.05, 0.1) is 0 Å². The van der Waals surface area contributed by atoms with Gasteiger partial charge in [0, 0.05) is 0 Å². The van der Waals surface area contributed by atoms with Gasteiger partial charge >= 0.3 is 0 Å². The van der Waals surface area contributed by atoms with Crippen molar-refractivity contribution < 1.29 is 14.2 Å². The van der Waals surface area contributed by atoms with Gasteiger partial charge in [-0.15, -0.1) is 0 Å². The Bertz CT molecular complexity index is 81.8. The van der Waals surface area contributed by atoms with Crippen LogP contribution in [0.2, 0.25) is 0 Å². The highest BCUT2D eigenvalue weighted by Gasteiger charge is 2.50. The molecule has 0 saturated carbocycles. The lowest BCUT2D eigenvalue weighted by molar-refractivity contribution is -0.174. The summed E-state index contributed by atoms with van der Waals surface area (Å²) < 4.78 is 15.7. The van der Waals surface area contributed by atoms with Gasteiger partial charge in [-0.2, -0.15) is 4.94 Å². The third-order valence-electron chi connectivity index (χ3n) is 1.00. The second-order valence-electron chi connectivity index (χ2n) is 2.14. The fourth-order valence-electron chi connectivity index (χ4n) is 0.367. The van der Waals surface area contributed by atoms with E-state index in [1.165, 1.54) is 0 Å². The summed E-state index contributed by atoms with van der Waals surface area (Å²) in [6.07, 6.45) is -0.618. The number of ether oxygens (including phenoxy) is 1. The van der Waals surface area contributed by atoms with Crippen LogP contribution in [0.25, 0.3) is 0 Å². The van der Waals surface area contributed by atoms with Crippen LogP contribution in [0.4, 0.5) is 4.53 Å². The van der Waals surface area contributed by atoms with Gasteiger partial charge < -0.3 is 4.74 Å². The van der Waals surface area contributed by atoms with Crippen molar-refractivity contribution in [3.05, 3.63) is 0 Å². The third kappa shape index (κ3) is 0.737. The van der Waals surface area contributed by atoms with Crippen LogP contribution in [-0.4, -0.2) is 11.9 Å². The maximum atomic E-state index is 11.0. The molecule has 0 spiro atoms. The van der Waals surface area contributed by atoms with Crippen LogP contribution in [0.15, 0.2) is 0 Å². The summed E-state index contributed by atoms with van der Waals surface area (Å²) in [5.74, 6) is 0. The summed E-state index contributed by atoms with van der Waals surface area (Å²) in [7, 11) is 0. The van der Waals surface area contributed by atoms with E-state index >= 15 is 0 Å². The lowest BCUT2D eigenvalue weighted by atomic mass is 10.2. The van der Waals surface area contributed by atoms with Gasteiger partial charge in [0.1, 0.15) is 5.60 Å². The Hall–Kier alpha value is -0.150. The lowest BCUT2D eigenvalue weighted by Gasteiger charge is -1.85. The predicted molar refractivity (Wildman–Crippen MR) is 21.1 cm³/mol. The quantitative estimate of drug-likeness (QED) is 0.465. The lowest BCUT2D eigenvalue weighted by Crippen LogP contribution is -2.01. The van der Waals surface area contributed by atoms with Crippen molar-refractivity contribution in [3.8, 4) is 0 Å². The van der Waals surface area contributed by atoms with E-state index in [-0.39, 0.29) is 5.60 Å². The summed E-state index contributed by atoms with van der Waals surface area (Å²) in [5.41, 5.74) is -0.380. The smallest absolute Gasteiger partial charge is 0.226 e. The Morgan fingerprint density at radius 3 is 2.14 bits per heavy atom. The molecule has 0 aliphatic carbocycles. The standard InChI is InChI=1S/C4H7FO2/c1-4(2)3(6-4)7-5/h3H,1-2H3. The molecule has 0 aromatic heterocycles. The zero-order valence-corrected chi connectivity index (χ0v) is 4.27. The van der Waals surface area contributed by atoms with Crippen LogP contribution in [0, 0.1) is 0 Å². The molecule has 42 valence electrons. The molecule has 0 radical (unpaired) electrons. The summed E-state index contributed by atoms with van der Waals surface area (Å²) in [4.78, 5) is 3.35. The van der Waals surface area contributed by atoms with Crippen molar-refractivity contribution in [3.63, 3.8) is 0 Å². The fraction of sp³-hybridized carbons (Fsp3) is 1.00. The van der Waals surface area contributed by atoms with Crippen molar-refractivity contribution in [2.45, 2.75) is 25.7 Å². The summed E-state index contributed by atoms with van der Waals surface area (Å²) in [6, 6.07) is 0. The van der Waals surface area contributed by atoms with Gasteiger partial charge in [-0.25, -0.2) is 0 Å². The van der Waals surface area contributed by atoms with Crippen molar-refractivity contribution >= 4 is 0 Å². The first-order valence-electron chi connectivity index (χ1n) is 2.12. The molecule has 7 heavy (non-hydrogen) atoms. The van der Waals surface area contributed by atoms with E-state index in [0.29, 0.717) is 0 Å². The Morgan fingerprint density at radius 1 is 1.71 bits per heavy atom. The van der Waals surface area contributed by atoms with Gasteiger partial charge in [0.25, 0.3) is 0 Å². The fourth-order valence-corrected chi connectivity index (χ4v) is 0.367. The molecule has 0 amide bonds. The van der Waals surface area contributed by atoms with E-state index in [1.807, 2.05) is 0 Å². The largest absolute Gasteiger partial charge is 0.336 e. The van der Waals surface area contributed by atoms with Crippen LogP contribution in [-0.2, 0) is 9.68 Å². The molecule has 3 heteroatoms. The number of halogens is 1. The van der Waals surface area contributed by atoms with Gasteiger partial charge in [0.2, 0.25) is 6.29 Å². The average Bonchev–Trinajstić information content (AvgIpc) is 2.13. The SMILES string of the molecule is CC1(C)OC1OF. The zero-order chi connectivity index (χ0) is 5.49. The van der Waals surface area contributed by atoms with E-state index in [2.05, 4.69) is 9.68 Å². The highest BCUT2D eigenvalue weighted by atomic mass is 19.3. The molecule has 0 bridgehead atoms. The van der Waals surface area contributed by atoms with Crippen molar-refractivity contribution in [2.24, 2.45) is 0 Å². The maximum absolute atomic E-state index is 11.0. The summed E-state index contributed by atoms with van der Waals surface area (Å²) in [6.45, 7) is 3.52. The molecule has 1 fully saturated rings. The van der Waals surface area contributed by atoms with Gasteiger partial charge in [-0.1, -0.05) is 0 Å². The van der Waals surface area contributed by atoms with Crippen molar-refractivity contribution in [2.75, 3.05) is 0 Å². The molecular formula is C4H7FO2. The number of hydrogen-bond donors (Lipinski definition) is 0. The minimum atomic E-state index is -0.618. The molecule has 1 heterocycles. The van der Waals surface area contributed by atoms with E-state index < -0.39 is 6.29 Å². The minimum Gasteiger partial charge on any atom is -0.336 e. The van der Waals surface area contributed by atoms with Crippen LogP contribution in [0.5, 0.6) is 0 Å². The normalized spacial score (nSPS) is 35.6. The first-order chi connectivity index (χ1) is 3.17. The van der Waals surface area contributed by atoms with E-state index in [0.717, 1.165) is 0 Å². The van der Waals surface area contributed by atoms with Gasteiger partial charge in [0.15, 0.2) is 0 Å². The van der Waals surface area contributed by atoms with E-state index in [4.69, 9.17) is 0 Å². The highest BCUT2D eigenvalue weighted by molar-refractivity contribution is 4.86. The number of hydrogen-bond acceptors (Lipinski definition) is 2. The Balaban J connectivity index is 2.30. The molecule has 0 N–H and O–H groups in total. The predicted octanol–water partition coefficient (Wildman–Crippen LogP) is 1.02. The van der Waals surface area contributed by atoms with Crippen LogP contribution >= 0.6 is 0 Å². The third-order valence-corrected chi connectivity index (χ3v) is 1.00. The molecule has 1 atom stereocenters. The molecule has 1 aliphatic heterocycles. The molecule has 1 unspecified atom stereocenters. The molecule has 1 aliphatic rings. The molecule has 1 saturated heterocycles. The molecule has 2 nitrogen and oxygen atoms in total. The van der Waals surface area contributed by atoms with Crippen molar-refractivity contribution in [1.29, 1.82) is 0 Å². The highest BCUT2D eigenvalue weighted by Crippen LogP contribution is 2.35. The number of epoxide rings is 1. The van der Waals surface area contributed by atoms with E-state index in [9.17, 15) is 4.53 Å². The molecule has 0 aromatic carbocycles. The second-order valence-corrected chi connectivity index (χ2v) is 2.14. The van der Waals surface area contributed by atoms with Crippen LogP contribution in [0.3, 0.4) is 0 Å². The molecular weight excluding hydrogens is 99.0 g/mol. The van der Waals surface area contributed by atoms with Gasteiger partial charge in [-0.3, -0.25) is 0 Å².